The van der Waals surface area contributed by atoms with Crippen LogP contribution >= 0.6 is 11.6 Å². The number of rotatable bonds is 2. The number of benzene rings is 1. The molecule has 1 aromatic carbocycles. The monoisotopic (exact) mass is 273 g/mol. The molecule has 19 heavy (non-hydrogen) atoms. The maximum Gasteiger partial charge on any atom is 0.254 e. The smallest absolute Gasteiger partial charge is 0.254 e. The standard InChI is InChI=1S/C14H12ClN3O/c15-13-6-17-4-3-10(13)8-18-7-9-1-2-11(16)5-12(9)14(18)19/h1-6H,7-8,16H2. The molecule has 4 nitrogen and oxygen atoms in total. The van der Waals surface area contributed by atoms with E-state index in [2.05, 4.69) is 4.98 Å². The van der Waals surface area contributed by atoms with Crippen molar-refractivity contribution < 1.29 is 4.79 Å². The van der Waals surface area contributed by atoms with Gasteiger partial charge in [0.15, 0.2) is 0 Å². The molecule has 5 heteroatoms. The Morgan fingerprint density at radius 2 is 2.21 bits per heavy atom. The van der Waals surface area contributed by atoms with Gasteiger partial charge in [0, 0.05) is 36.7 Å². The number of carbonyl (C=O) groups excluding carboxylic acids is 1. The van der Waals surface area contributed by atoms with E-state index in [0.29, 0.717) is 29.4 Å². The molecule has 2 heterocycles. The van der Waals surface area contributed by atoms with Crippen molar-refractivity contribution in [1.29, 1.82) is 0 Å². The van der Waals surface area contributed by atoms with Gasteiger partial charge in [-0.05, 0) is 29.3 Å². The van der Waals surface area contributed by atoms with Crippen molar-refractivity contribution in [3.63, 3.8) is 0 Å². The number of hydrogen-bond donors (Lipinski definition) is 1. The summed E-state index contributed by atoms with van der Waals surface area (Å²) in [6, 6.07) is 7.27. The lowest BCUT2D eigenvalue weighted by Gasteiger charge is -2.16. The van der Waals surface area contributed by atoms with E-state index in [4.69, 9.17) is 17.3 Å². The number of amides is 1. The fourth-order valence-corrected chi connectivity index (χ4v) is 2.42. The summed E-state index contributed by atoms with van der Waals surface area (Å²) in [5, 5.41) is 0.575. The third-order valence-electron chi connectivity index (χ3n) is 3.23. The Hall–Kier alpha value is -2.07. The molecule has 2 aromatic rings. The van der Waals surface area contributed by atoms with Gasteiger partial charge >= 0.3 is 0 Å². The summed E-state index contributed by atoms with van der Waals surface area (Å²) in [4.78, 5) is 18.0. The number of nitrogen functional groups attached to an aromatic ring is 1. The zero-order valence-corrected chi connectivity index (χ0v) is 10.9. The first-order valence-electron chi connectivity index (χ1n) is 5.91. The summed E-state index contributed by atoms with van der Waals surface area (Å²) < 4.78 is 0. The van der Waals surface area contributed by atoms with E-state index >= 15 is 0 Å². The Kier molecular flexibility index (Phi) is 2.87. The summed E-state index contributed by atoms with van der Waals surface area (Å²) in [5.74, 6) is -0.00446. The number of fused-ring (bicyclic) bond motifs is 1. The van der Waals surface area contributed by atoms with E-state index in [1.54, 1.807) is 23.4 Å². The van der Waals surface area contributed by atoms with E-state index in [1.807, 2.05) is 18.2 Å². The van der Waals surface area contributed by atoms with Crippen LogP contribution in [-0.2, 0) is 13.1 Å². The van der Waals surface area contributed by atoms with Gasteiger partial charge in [-0.2, -0.15) is 0 Å². The van der Waals surface area contributed by atoms with Gasteiger partial charge in [0.25, 0.3) is 5.91 Å². The molecule has 0 saturated heterocycles. The van der Waals surface area contributed by atoms with Crippen molar-refractivity contribution in [2.45, 2.75) is 13.1 Å². The van der Waals surface area contributed by atoms with Crippen molar-refractivity contribution in [2.75, 3.05) is 5.73 Å². The van der Waals surface area contributed by atoms with Crippen LogP contribution in [0.15, 0.2) is 36.7 Å². The van der Waals surface area contributed by atoms with Crippen LogP contribution in [0.5, 0.6) is 0 Å². The van der Waals surface area contributed by atoms with Crippen molar-refractivity contribution in [3.8, 4) is 0 Å². The first-order valence-corrected chi connectivity index (χ1v) is 6.29. The Labute approximate surface area is 115 Å². The average Bonchev–Trinajstić information content (AvgIpc) is 2.70. The molecule has 0 atom stereocenters. The zero-order valence-electron chi connectivity index (χ0n) is 10.1. The van der Waals surface area contributed by atoms with E-state index in [1.165, 1.54) is 0 Å². The van der Waals surface area contributed by atoms with Crippen LogP contribution in [0.1, 0.15) is 21.5 Å². The Bertz CT molecular complexity index is 657. The zero-order chi connectivity index (χ0) is 13.4. The molecule has 0 unspecified atom stereocenters. The molecule has 1 amide bonds. The molecule has 1 aliphatic heterocycles. The predicted molar refractivity (Wildman–Crippen MR) is 73.7 cm³/mol. The summed E-state index contributed by atoms with van der Waals surface area (Å²) in [6.45, 7) is 1.07. The maximum atomic E-state index is 12.3. The topological polar surface area (TPSA) is 59.2 Å². The van der Waals surface area contributed by atoms with Gasteiger partial charge in [-0.1, -0.05) is 17.7 Å². The van der Waals surface area contributed by atoms with Crippen LogP contribution in [0, 0.1) is 0 Å². The third kappa shape index (κ3) is 2.15. The number of carbonyl (C=O) groups is 1. The van der Waals surface area contributed by atoms with Crippen LogP contribution in [0.3, 0.4) is 0 Å². The Morgan fingerprint density at radius 1 is 1.37 bits per heavy atom. The number of halogens is 1. The molecule has 0 radical (unpaired) electrons. The van der Waals surface area contributed by atoms with Gasteiger partial charge in [0.1, 0.15) is 0 Å². The number of aromatic nitrogens is 1. The first-order chi connectivity index (χ1) is 9.15. The lowest BCUT2D eigenvalue weighted by molar-refractivity contribution is 0.0767. The first kappa shape index (κ1) is 12.0. The second-order valence-corrected chi connectivity index (χ2v) is 4.95. The number of nitrogens with zero attached hydrogens (tertiary/aromatic N) is 2. The van der Waals surface area contributed by atoms with Gasteiger partial charge in [-0.15, -0.1) is 0 Å². The minimum atomic E-state index is -0.00446. The Balaban J connectivity index is 1.87. The fourth-order valence-electron chi connectivity index (χ4n) is 2.24. The van der Waals surface area contributed by atoms with Gasteiger partial charge in [-0.3, -0.25) is 9.78 Å². The van der Waals surface area contributed by atoms with Crippen molar-refractivity contribution in [1.82, 2.24) is 9.88 Å². The molecular formula is C14H12ClN3O. The van der Waals surface area contributed by atoms with E-state index in [-0.39, 0.29) is 5.91 Å². The van der Waals surface area contributed by atoms with E-state index in [0.717, 1.165) is 11.1 Å². The van der Waals surface area contributed by atoms with Crippen LogP contribution in [0.25, 0.3) is 0 Å². The van der Waals surface area contributed by atoms with Crippen molar-refractivity contribution in [2.24, 2.45) is 0 Å². The van der Waals surface area contributed by atoms with Crippen LogP contribution in [0.2, 0.25) is 5.02 Å². The lowest BCUT2D eigenvalue weighted by Crippen LogP contribution is -2.23. The summed E-state index contributed by atoms with van der Waals surface area (Å²) in [5.41, 5.74) is 8.91. The second-order valence-electron chi connectivity index (χ2n) is 4.54. The highest BCUT2D eigenvalue weighted by atomic mass is 35.5. The number of hydrogen-bond acceptors (Lipinski definition) is 3. The molecule has 3 rings (SSSR count). The van der Waals surface area contributed by atoms with E-state index in [9.17, 15) is 4.79 Å². The molecule has 0 spiro atoms. The molecule has 0 fully saturated rings. The predicted octanol–water partition coefficient (Wildman–Crippen LogP) is 2.47. The highest BCUT2D eigenvalue weighted by Gasteiger charge is 2.27. The summed E-state index contributed by atoms with van der Waals surface area (Å²) >= 11 is 6.07. The van der Waals surface area contributed by atoms with E-state index < -0.39 is 0 Å². The Morgan fingerprint density at radius 3 is 3.00 bits per heavy atom. The molecular weight excluding hydrogens is 262 g/mol. The highest BCUT2D eigenvalue weighted by molar-refractivity contribution is 6.31. The summed E-state index contributed by atoms with van der Waals surface area (Å²) in [7, 11) is 0. The van der Waals surface area contributed by atoms with Crippen LogP contribution < -0.4 is 5.73 Å². The highest BCUT2D eigenvalue weighted by Crippen LogP contribution is 2.27. The van der Waals surface area contributed by atoms with Crippen molar-refractivity contribution in [3.05, 3.63) is 58.4 Å². The SMILES string of the molecule is Nc1ccc2c(c1)C(=O)N(Cc1ccncc1Cl)C2. The molecule has 1 aliphatic rings. The summed E-state index contributed by atoms with van der Waals surface area (Å²) in [6.07, 6.45) is 3.26. The molecule has 0 saturated carbocycles. The molecule has 1 aromatic heterocycles. The van der Waals surface area contributed by atoms with Crippen LogP contribution in [-0.4, -0.2) is 15.8 Å². The molecule has 96 valence electrons. The molecule has 2 N–H and O–H groups in total. The number of anilines is 1. The van der Waals surface area contributed by atoms with Gasteiger partial charge in [0.2, 0.25) is 0 Å². The second kappa shape index (κ2) is 4.55. The number of pyridine rings is 1. The van der Waals surface area contributed by atoms with Crippen molar-refractivity contribution >= 4 is 23.2 Å². The molecule has 0 aliphatic carbocycles. The van der Waals surface area contributed by atoms with Crippen LogP contribution in [0.4, 0.5) is 5.69 Å². The third-order valence-corrected chi connectivity index (χ3v) is 3.57. The minimum absolute atomic E-state index is 0.00446. The van der Waals surface area contributed by atoms with Gasteiger partial charge in [-0.25, -0.2) is 0 Å². The minimum Gasteiger partial charge on any atom is -0.399 e. The fraction of sp³-hybridized carbons (Fsp3) is 0.143. The van der Waals surface area contributed by atoms with Gasteiger partial charge in [0.05, 0.1) is 5.02 Å². The normalized spacial score (nSPS) is 13.7. The quantitative estimate of drug-likeness (QED) is 0.855. The lowest BCUT2D eigenvalue weighted by atomic mass is 10.1. The maximum absolute atomic E-state index is 12.3. The average molecular weight is 274 g/mol. The molecule has 0 bridgehead atoms. The van der Waals surface area contributed by atoms with Gasteiger partial charge < -0.3 is 10.6 Å². The largest absolute Gasteiger partial charge is 0.399 e. The number of nitrogens with two attached hydrogens (primary N) is 1.